The number of amides is 1. The third-order valence-corrected chi connectivity index (χ3v) is 2.54. The first-order valence-electron chi connectivity index (χ1n) is 5.80. The molecule has 0 bridgehead atoms. The van der Waals surface area contributed by atoms with Crippen molar-refractivity contribution < 1.29 is 18.0 Å². The Bertz CT molecular complexity index is 611. The molecule has 2 aromatic rings. The SMILES string of the molecule is O=C(CNc1c(F)cccc1F)Nc1ccccc1F. The summed E-state index contributed by atoms with van der Waals surface area (Å²) in [6.07, 6.45) is 0. The summed E-state index contributed by atoms with van der Waals surface area (Å²) in [7, 11) is 0. The lowest BCUT2D eigenvalue weighted by atomic mass is 10.3. The Morgan fingerprint density at radius 1 is 0.900 bits per heavy atom. The van der Waals surface area contributed by atoms with E-state index in [1.54, 1.807) is 6.07 Å². The highest BCUT2D eigenvalue weighted by atomic mass is 19.1. The van der Waals surface area contributed by atoms with Crippen LogP contribution in [0.1, 0.15) is 0 Å². The predicted molar refractivity (Wildman–Crippen MR) is 69.9 cm³/mol. The normalized spacial score (nSPS) is 10.2. The summed E-state index contributed by atoms with van der Waals surface area (Å²) in [5.41, 5.74) is -0.385. The molecular weight excluding hydrogens is 269 g/mol. The van der Waals surface area contributed by atoms with Crippen LogP contribution in [0.25, 0.3) is 0 Å². The van der Waals surface area contributed by atoms with Crippen molar-refractivity contribution in [2.24, 2.45) is 0 Å². The van der Waals surface area contributed by atoms with Crippen molar-refractivity contribution in [3.8, 4) is 0 Å². The number of nitrogens with one attached hydrogen (secondary N) is 2. The zero-order valence-electron chi connectivity index (χ0n) is 10.3. The Hall–Kier alpha value is -2.50. The average Bonchev–Trinajstić information content (AvgIpc) is 2.41. The van der Waals surface area contributed by atoms with Gasteiger partial charge in [-0.1, -0.05) is 18.2 Å². The second-order valence-corrected chi connectivity index (χ2v) is 3.98. The van der Waals surface area contributed by atoms with Crippen molar-refractivity contribution in [1.29, 1.82) is 0 Å². The lowest BCUT2D eigenvalue weighted by molar-refractivity contribution is -0.114. The summed E-state index contributed by atoms with van der Waals surface area (Å²) in [6.45, 7) is -0.383. The van der Waals surface area contributed by atoms with E-state index in [9.17, 15) is 18.0 Å². The highest BCUT2D eigenvalue weighted by Crippen LogP contribution is 2.17. The molecule has 2 N–H and O–H groups in total. The van der Waals surface area contributed by atoms with E-state index in [-0.39, 0.29) is 12.2 Å². The van der Waals surface area contributed by atoms with E-state index < -0.39 is 29.0 Å². The van der Waals surface area contributed by atoms with Gasteiger partial charge in [0, 0.05) is 0 Å². The maximum atomic E-state index is 13.3. The minimum atomic E-state index is -0.802. The van der Waals surface area contributed by atoms with E-state index in [0.717, 1.165) is 12.1 Å². The molecule has 1 amide bonds. The van der Waals surface area contributed by atoms with Gasteiger partial charge in [0.15, 0.2) is 0 Å². The number of hydrogen-bond donors (Lipinski definition) is 2. The van der Waals surface area contributed by atoms with Gasteiger partial charge in [0.25, 0.3) is 0 Å². The molecule has 20 heavy (non-hydrogen) atoms. The van der Waals surface area contributed by atoms with Gasteiger partial charge >= 0.3 is 0 Å². The molecule has 0 radical (unpaired) electrons. The van der Waals surface area contributed by atoms with Crippen LogP contribution in [0.4, 0.5) is 24.5 Å². The van der Waals surface area contributed by atoms with Crippen molar-refractivity contribution in [2.75, 3.05) is 17.2 Å². The van der Waals surface area contributed by atoms with Gasteiger partial charge in [-0.15, -0.1) is 0 Å². The fourth-order valence-electron chi connectivity index (χ4n) is 1.59. The number of rotatable bonds is 4. The standard InChI is InChI=1S/C14H11F3N2O/c15-9-4-1-2-7-12(9)19-13(20)8-18-14-10(16)5-3-6-11(14)17/h1-7,18H,8H2,(H,19,20). The topological polar surface area (TPSA) is 41.1 Å². The molecule has 0 saturated heterocycles. The minimum Gasteiger partial charge on any atom is -0.371 e. The quantitative estimate of drug-likeness (QED) is 0.903. The van der Waals surface area contributed by atoms with Crippen LogP contribution < -0.4 is 10.6 Å². The molecule has 0 aliphatic rings. The fraction of sp³-hybridized carbons (Fsp3) is 0.0714. The lowest BCUT2D eigenvalue weighted by Crippen LogP contribution is -2.23. The van der Waals surface area contributed by atoms with Crippen LogP contribution in [0.2, 0.25) is 0 Å². The maximum absolute atomic E-state index is 13.3. The largest absolute Gasteiger partial charge is 0.371 e. The molecule has 3 nitrogen and oxygen atoms in total. The van der Waals surface area contributed by atoms with Crippen molar-refractivity contribution >= 4 is 17.3 Å². The summed E-state index contributed by atoms with van der Waals surface area (Å²) in [5, 5.41) is 4.63. The highest BCUT2D eigenvalue weighted by molar-refractivity contribution is 5.93. The number of anilines is 2. The Labute approximate surface area is 113 Å². The van der Waals surface area contributed by atoms with Gasteiger partial charge in [-0.2, -0.15) is 0 Å². The molecule has 104 valence electrons. The summed E-state index contributed by atoms with van der Waals surface area (Å²) < 4.78 is 39.9. The number of carbonyl (C=O) groups excluding carboxylic acids is 1. The molecule has 0 unspecified atom stereocenters. The van der Waals surface area contributed by atoms with Crippen LogP contribution in [0, 0.1) is 17.5 Å². The van der Waals surface area contributed by atoms with Crippen LogP contribution in [0.15, 0.2) is 42.5 Å². The Morgan fingerprint density at radius 3 is 2.15 bits per heavy atom. The molecule has 2 rings (SSSR count). The number of hydrogen-bond acceptors (Lipinski definition) is 2. The number of carbonyl (C=O) groups is 1. The molecule has 0 aliphatic heterocycles. The van der Waals surface area contributed by atoms with E-state index >= 15 is 0 Å². The van der Waals surface area contributed by atoms with E-state index in [1.807, 2.05) is 0 Å². The fourth-order valence-corrected chi connectivity index (χ4v) is 1.59. The third kappa shape index (κ3) is 3.28. The van der Waals surface area contributed by atoms with Gasteiger partial charge in [0.1, 0.15) is 23.1 Å². The molecule has 0 heterocycles. The monoisotopic (exact) mass is 280 g/mol. The number of halogens is 3. The third-order valence-electron chi connectivity index (χ3n) is 2.54. The summed E-state index contributed by atoms with van der Waals surface area (Å²) >= 11 is 0. The van der Waals surface area contributed by atoms with Crippen molar-refractivity contribution in [2.45, 2.75) is 0 Å². The van der Waals surface area contributed by atoms with Crippen LogP contribution in [0.3, 0.4) is 0 Å². The van der Waals surface area contributed by atoms with Crippen molar-refractivity contribution in [1.82, 2.24) is 0 Å². The molecule has 0 aliphatic carbocycles. The summed E-state index contributed by atoms with van der Waals surface area (Å²) in [5.74, 6) is -2.80. The molecule has 0 spiro atoms. The Morgan fingerprint density at radius 2 is 1.50 bits per heavy atom. The zero-order valence-corrected chi connectivity index (χ0v) is 10.3. The minimum absolute atomic E-state index is 0.00769. The molecule has 0 atom stereocenters. The van der Waals surface area contributed by atoms with Crippen LogP contribution in [0.5, 0.6) is 0 Å². The second kappa shape index (κ2) is 6.10. The lowest BCUT2D eigenvalue weighted by Gasteiger charge is -2.09. The van der Waals surface area contributed by atoms with Crippen LogP contribution in [-0.2, 0) is 4.79 Å². The summed E-state index contributed by atoms with van der Waals surface area (Å²) in [4.78, 5) is 11.6. The highest BCUT2D eigenvalue weighted by Gasteiger charge is 2.10. The summed E-state index contributed by atoms with van der Waals surface area (Å²) in [6, 6.07) is 8.98. The van der Waals surface area contributed by atoms with Gasteiger partial charge in [-0.25, -0.2) is 13.2 Å². The molecule has 0 aromatic heterocycles. The molecule has 6 heteroatoms. The first-order chi connectivity index (χ1) is 9.58. The predicted octanol–water partition coefficient (Wildman–Crippen LogP) is 3.15. The Kier molecular flexibility index (Phi) is 4.24. The van der Waals surface area contributed by atoms with Crippen molar-refractivity contribution in [3.05, 3.63) is 59.9 Å². The van der Waals surface area contributed by atoms with Gasteiger partial charge in [-0.3, -0.25) is 4.79 Å². The van der Waals surface area contributed by atoms with Crippen LogP contribution in [-0.4, -0.2) is 12.5 Å². The van der Waals surface area contributed by atoms with Crippen LogP contribution >= 0.6 is 0 Å². The maximum Gasteiger partial charge on any atom is 0.243 e. The van der Waals surface area contributed by atoms with Gasteiger partial charge in [-0.05, 0) is 24.3 Å². The van der Waals surface area contributed by atoms with Gasteiger partial charge in [0.2, 0.25) is 5.91 Å². The molecule has 0 fully saturated rings. The zero-order chi connectivity index (χ0) is 14.5. The number of para-hydroxylation sites is 2. The van der Waals surface area contributed by atoms with E-state index in [4.69, 9.17) is 0 Å². The second-order valence-electron chi connectivity index (χ2n) is 3.98. The van der Waals surface area contributed by atoms with Crippen molar-refractivity contribution in [3.63, 3.8) is 0 Å². The average molecular weight is 280 g/mol. The number of benzene rings is 2. The first-order valence-corrected chi connectivity index (χ1v) is 5.80. The van der Waals surface area contributed by atoms with Gasteiger partial charge in [0.05, 0.1) is 12.2 Å². The molecule has 0 saturated carbocycles. The Balaban J connectivity index is 1.98. The molecular formula is C14H11F3N2O. The van der Waals surface area contributed by atoms with Gasteiger partial charge < -0.3 is 10.6 Å². The first kappa shape index (κ1) is 13.9. The van der Waals surface area contributed by atoms with E-state index in [2.05, 4.69) is 10.6 Å². The molecule has 2 aromatic carbocycles. The van der Waals surface area contributed by atoms with E-state index in [0.29, 0.717) is 0 Å². The van der Waals surface area contributed by atoms with E-state index in [1.165, 1.54) is 24.3 Å². The smallest absolute Gasteiger partial charge is 0.243 e.